The Morgan fingerprint density at radius 2 is 1.69 bits per heavy atom. The third-order valence-electron chi connectivity index (χ3n) is 4.45. The first-order chi connectivity index (χ1) is 13.9. The van der Waals surface area contributed by atoms with Crippen molar-refractivity contribution in [3.05, 3.63) is 82.6 Å². The summed E-state index contributed by atoms with van der Waals surface area (Å²) in [6.07, 6.45) is 0.303. The fraction of sp³-hybridized carbons (Fsp3) is 0.238. The number of aryl methyl sites for hydroxylation is 1. The van der Waals surface area contributed by atoms with Crippen molar-refractivity contribution in [1.29, 1.82) is 0 Å². The van der Waals surface area contributed by atoms with Crippen LogP contribution in [0, 0.1) is 6.92 Å². The van der Waals surface area contributed by atoms with E-state index in [1.54, 1.807) is 41.9 Å². The number of hydrogen-bond acceptors (Lipinski definition) is 4. The van der Waals surface area contributed by atoms with Crippen LogP contribution in [0.25, 0.3) is 0 Å². The molecule has 0 saturated heterocycles. The average Bonchev–Trinajstić information content (AvgIpc) is 2.99. The normalized spacial score (nSPS) is 11.4. The van der Waals surface area contributed by atoms with Crippen molar-refractivity contribution < 1.29 is 13.2 Å². The van der Waals surface area contributed by atoms with Crippen LogP contribution in [-0.2, 0) is 16.4 Å². The maximum absolute atomic E-state index is 12.5. The molecule has 8 heteroatoms. The number of carbonyl (C=O) groups excluding carboxylic acids is 1. The van der Waals surface area contributed by atoms with Gasteiger partial charge in [0.15, 0.2) is 9.84 Å². The van der Waals surface area contributed by atoms with Gasteiger partial charge in [-0.15, -0.1) is 0 Å². The van der Waals surface area contributed by atoms with Gasteiger partial charge >= 0.3 is 0 Å². The van der Waals surface area contributed by atoms with E-state index in [0.717, 1.165) is 5.56 Å². The van der Waals surface area contributed by atoms with Gasteiger partial charge in [-0.3, -0.25) is 4.79 Å². The van der Waals surface area contributed by atoms with Crippen LogP contribution in [0.5, 0.6) is 0 Å². The van der Waals surface area contributed by atoms with E-state index in [2.05, 4.69) is 10.4 Å². The van der Waals surface area contributed by atoms with Crippen molar-refractivity contribution in [2.75, 3.05) is 12.3 Å². The lowest BCUT2D eigenvalue weighted by molar-refractivity contribution is 0.0953. The predicted molar refractivity (Wildman–Crippen MR) is 113 cm³/mol. The summed E-state index contributed by atoms with van der Waals surface area (Å²) in [5.74, 6) is -0.402. The Kier molecular flexibility index (Phi) is 6.71. The molecular weight excluding hydrogens is 410 g/mol. The molecule has 0 fully saturated rings. The maximum atomic E-state index is 12.5. The molecule has 0 aliphatic heterocycles. The molecule has 2 aromatic carbocycles. The van der Waals surface area contributed by atoms with E-state index < -0.39 is 9.84 Å². The zero-order chi connectivity index (χ0) is 20.9. The number of rotatable bonds is 8. The Morgan fingerprint density at radius 1 is 1.07 bits per heavy atom. The Hall–Kier alpha value is -2.64. The number of benzene rings is 2. The van der Waals surface area contributed by atoms with Crippen molar-refractivity contribution in [3.8, 4) is 0 Å². The molecule has 0 aliphatic rings. The SMILES string of the molecule is Cc1nn(Cc2ccccc2)c(Cl)c1C(=O)NCCCS(=O)(=O)c1ccccc1. The minimum Gasteiger partial charge on any atom is -0.352 e. The molecule has 0 aliphatic carbocycles. The number of sulfone groups is 1. The van der Waals surface area contributed by atoms with Crippen molar-refractivity contribution in [1.82, 2.24) is 15.1 Å². The summed E-state index contributed by atoms with van der Waals surface area (Å²) in [4.78, 5) is 12.8. The smallest absolute Gasteiger partial charge is 0.256 e. The highest BCUT2D eigenvalue weighted by atomic mass is 35.5. The van der Waals surface area contributed by atoms with Crippen molar-refractivity contribution in [3.63, 3.8) is 0 Å². The monoisotopic (exact) mass is 431 g/mol. The van der Waals surface area contributed by atoms with Crippen LogP contribution in [0.3, 0.4) is 0 Å². The van der Waals surface area contributed by atoms with E-state index >= 15 is 0 Å². The zero-order valence-electron chi connectivity index (χ0n) is 16.0. The maximum Gasteiger partial charge on any atom is 0.256 e. The lowest BCUT2D eigenvalue weighted by Gasteiger charge is -2.07. The highest BCUT2D eigenvalue weighted by Gasteiger charge is 2.20. The standard InChI is InChI=1S/C21H22ClN3O3S/c1-16-19(20(22)25(24-16)15-17-9-4-2-5-10-17)21(26)23-13-8-14-29(27,28)18-11-6-3-7-12-18/h2-7,9-12H,8,13-15H2,1H3,(H,23,26). The summed E-state index contributed by atoms with van der Waals surface area (Å²) in [5.41, 5.74) is 1.86. The van der Waals surface area contributed by atoms with Gasteiger partial charge in [-0.25, -0.2) is 13.1 Å². The van der Waals surface area contributed by atoms with Gasteiger partial charge in [0.05, 0.1) is 28.5 Å². The van der Waals surface area contributed by atoms with Crippen molar-refractivity contribution in [2.45, 2.75) is 24.8 Å². The van der Waals surface area contributed by atoms with Crippen molar-refractivity contribution in [2.24, 2.45) is 0 Å². The van der Waals surface area contributed by atoms with Crippen LogP contribution in [0.1, 0.15) is 28.0 Å². The van der Waals surface area contributed by atoms with Crippen LogP contribution in [0.4, 0.5) is 0 Å². The van der Waals surface area contributed by atoms with Gasteiger partial charge in [-0.1, -0.05) is 60.1 Å². The first-order valence-electron chi connectivity index (χ1n) is 9.21. The van der Waals surface area contributed by atoms with E-state index in [1.807, 2.05) is 30.3 Å². The van der Waals surface area contributed by atoms with Crippen molar-refractivity contribution >= 4 is 27.3 Å². The lowest BCUT2D eigenvalue weighted by Crippen LogP contribution is -2.26. The third-order valence-corrected chi connectivity index (χ3v) is 6.65. The van der Waals surface area contributed by atoms with E-state index in [4.69, 9.17) is 11.6 Å². The van der Waals surface area contributed by atoms with E-state index in [-0.39, 0.29) is 28.3 Å². The van der Waals surface area contributed by atoms with E-state index in [1.165, 1.54) is 0 Å². The molecule has 1 heterocycles. The lowest BCUT2D eigenvalue weighted by atomic mass is 10.2. The van der Waals surface area contributed by atoms with Gasteiger partial charge in [-0.2, -0.15) is 5.10 Å². The zero-order valence-corrected chi connectivity index (χ0v) is 17.6. The van der Waals surface area contributed by atoms with Crippen LogP contribution in [-0.4, -0.2) is 36.4 Å². The molecule has 29 heavy (non-hydrogen) atoms. The minimum atomic E-state index is -3.36. The van der Waals surface area contributed by atoms with Gasteiger partial charge in [0.2, 0.25) is 0 Å². The van der Waals surface area contributed by atoms with Gasteiger partial charge in [0.1, 0.15) is 5.15 Å². The fourth-order valence-electron chi connectivity index (χ4n) is 2.97. The molecule has 3 aromatic rings. The second kappa shape index (κ2) is 9.24. The summed E-state index contributed by atoms with van der Waals surface area (Å²) in [7, 11) is -3.36. The van der Waals surface area contributed by atoms with Gasteiger partial charge in [0, 0.05) is 6.54 Å². The minimum absolute atomic E-state index is 0.0444. The highest BCUT2D eigenvalue weighted by molar-refractivity contribution is 7.91. The Balaban J connectivity index is 1.58. The van der Waals surface area contributed by atoms with E-state index in [0.29, 0.717) is 24.2 Å². The molecular formula is C21H22ClN3O3S. The molecule has 0 saturated carbocycles. The quantitative estimate of drug-likeness (QED) is 0.553. The van der Waals surface area contributed by atoms with Crippen LogP contribution in [0.2, 0.25) is 5.15 Å². The number of amides is 1. The molecule has 6 nitrogen and oxygen atoms in total. The number of nitrogens with one attached hydrogen (secondary N) is 1. The summed E-state index contributed by atoms with van der Waals surface area (Å²) >= 11 is 6.38. The Morgan fingerprint density at radius 3 is 2.34 bits per heavy atom. The summed E-state index contributed by atoms with van der Waals surface area (Å²) in [6, 6.07) is 18.0. The second-order valence-electron chi connectivity index (χ2n) is 6.64. The van der Waals surface area contributed by atoms with Gasteiger partial charge in [-0.05, 0) is 31.0 Å². The number of carbonyl (C=O) groups is 1. The molecule has 0 bridgehead atoms. The fourth-order valence-corrected chi connectivity index (χ4v) is 4.62. The van der Waals surface area contributed by atoms with Crippen LogP contribution in [0.15, 0.2) is 65.6 Å². The molecule has 1 amide bonds. The molecule has 0 atom stereocenters. The number of nitrogens with zero attached hydrogens (tertiary/aromatic N) is 2. The number of halogens is 1. The largest absolute Gasteiger partial charge is 0.352 e. The van der Waals surface area contributed by atoms with Crippen LogP contribution >= 0.6 is 11.6 Å². The Bertz CT molecular complexity index is 1080. The Labute approximate surface area is 175 Å². The molecule has 1 aromatic heterocycles. The molecule has 0 spiro atoms. The molecule has 0 unspecified atom stereocenters. The number of aromatic nitrogens is 2. The van der Waals surface area contributed by atoms with Gasteiger partial charge < -0.3 is 5.32 Å². The second-order valence-corrected chi connectivity index (χ2v) is 9.10. The summed E-state index contributed by atoms with van der Waals surface area (Å²) in [6.45, 7) is 2.41. The molecule has 1 N–H and O–H groups in total. The first kappa shape index (κ1) is 21.1. The molecule has 0 radical (unpaired) electrons. The highest BCUT2D eigenvalue weighted by Crippen LogP contribution is 2.21. The van der Waals surface area contributed by atoms with Gasteiger partial charge in [0.25, 0.3) is 5.91 Å². The molecule has 152 valence electrons. The summed E-state index contributed by atoms with van der Waals surface area (Å²) < 4.78 is 26.2. The predicted octanol–water partition coefficient (Wildman–Crippen LogP) is 3.49. The summed E-state index contributed by atoms with van der Waals surface area (Å²) in [5, 5.41) is 7.37. The topological polar surface area (TPSA) is 81.1 Å². The average molecular weight is 432 g/mol. The van der Waals surface area contributed by atoms with E-state index in [9.17, 15) is 13.2 Å². The molecule has 3 rings (SSSR count). The number of hydrogen-bond donors (Lipinski definition) is 1. The van der Waals surface area contributed by atoms with Crippen LogP contribution < -0.4 is 5.32 Å². The first-order valence-corrected chi connectivity index (χ1v) is 11.2. The third kappa shape index (κ3) is 5.25.